The molecule has 31 heavy (non-hydrogen) atoms. The second-order valence-electron chi connectivity index (χ2n) is 7.42. The van der Waals surface area contributed by atoms with Gasteiger partial charge in [0, 0.05) is 29.4 Å². The van der Waals surface area contributed by atoms with Gasteiger partial charge in [-0.1, -0.05) is 50.2 Å². The summed E-state index contributed by atoms with van der Waals surface area (Å²) in [5.41, 5.74) is 2.88. The molecule has 2 heterocycles. The summed E-state index contributed by atoms with van der Waals surface area (Å²) in [5.74, 6) is 0.403. The van der Waals surface area contributed by atoms with Crippen LogP contribution in [0, 0.1) is 0 Å². The molecule has 0 saturated heterocycles. The minimum absolute atomic E-state index is 0.253. The number of hydrogen-bond acceptors (Lipinski definition) is 5. The zero-order chi connectivity index (χ0) is 21.6. The van der Waals surface area contributed by atoms with E-state index in [4.69, 9.17) is 0 Å². The second-order valence-corrected chi connectivity index (χ2v) is 7.42. The van der Waals surface area contributed by atoms with Gasteiger partial charge in [-0.05, 0) is 44.3 Å². The molecule has 0 fully saturated rings. The Morgan fingerprint density at radius 2 is 1.74 bits per heavy atom. The van der Waals surface area contributed by atoms with E-state index in [1.807, 2.05) is 60.8 Å². The molecule has 7 nitrogen and oxygen atoms in total. The van der Waals surface area contributed by atoms with E-state index in [1.165, 1.54) is 0 Å². The number of nitrogens with one attached hydrogen (secondary N) is 2. The normalized spacial score (nSPS) is 11.3. The Morgan fingerprint density at radius 3 is 2.48 bits per heavy atom. The van der Waals surface area contributed by atoms with Crippen molar-refractivity contribution in [3.05, 3.63) is 71.1 Å². The molecule has 160 valence electrons. The van der Waals surface area contributed by atoms with Crippen molar-refractivity contribution in [2.45, 2.75) is 20.3 Å². The predicted octanol–water partition coefficient (Wildman–Crippen LogP) is 3.92. The van der Waals surface area contributed by atoms with Gasteiger partial charge in [0.15, 0.2) is 5.69 Å². The Hall–Kier alpha value is -3.45. The molecule has 2 N–H and O–H groups in total. The molecule has 0 amide bonds. The number of para-hydroxylation sites is 2. The van der Waals surface area contributed by atoms with Crippen molar-refractivity contribution in [1.82, 2.24) is 24.6 Å². The number of aromatic nitrogens is 4. The van der Waals surface area contributed by atoms with Crippen LogP contribution >= 0.6 is 0 Å². The van der Waals surface area contributed by atoms with Crippen molar-refractivity contribution in [1.29, 1.82) is 0 Å². The Morgan fingerprint density at radius 1 is 1.00 bits per heavy atom. The van der Waals surface area contributed by atoms with Crippen LogP contribution in [0.4, 0.5) is 5.95 Å². The van der Waals surface area contributed by atoms with Gasteiger partial charge in [-0.3, -0.25) is 9.78 Å². The van der Waals surface area contributed by atoms with E-state index in [1.54, 1.807) is 0 Å². The molecule has 0 unspecified atom stereocenters. The van der Waals surface area contributed by atoms with Crippen LogP contribution in [0.25, 0.3) is 27.8 Å². The number of fused-ring (bicyclic) bond motifs is 1. The standard InChI is InChI=1S/C24H28N6O/c1-3-29(4-2)16-10-15-25-24-26-23(31)22(27-28-24)20-17-30(18-11-6-5-7-12-18)21-14-9-8-13-19(20)21/h5-9,11-14,17H,3-4,10,15-16H2,1-2H3,(H2,25,26,28,31). The highest BCUT2D eigenvalue weighted by Crippen LogP contribution is 2.29. The lowest BCUT2D eigenvalue weighted by Crippen LogP contribution is -2.26. The van der Waals surface area contributed by atoms with E-state index in [-0.39, 0.29) is 5.56 Å². The molecule has 0 aliphatic rings. The third-order valence-corrected chi connectivity index (χ3v) is 5.54. The van der Waals surface area contributed by atoms with Gasteiger partial charge >= 0.3 is 0 Å². The second kappa shape index (κ2) is 9.57. The van der Waals surface area contributed by atoms with Crippen molar-refractivity contribution in [3.8, 4) is 16.9 Å². The van der Waals surface area contributed by atoms with E-state index >= 15 is 0 Å². The molecular formula is C24H28N6O. The molecular weight excluding hydrogens is 388 g/mol. The van der Waals surface area contributed by atoms with Gasteiger partial charge in [0.1, 0.15) is 0 Å². The highest BCUT2D eigenvalue weighted by Gasteiger charge is 2.16. The summed E-state index contributed by atoms with van der Waals surface area (Å²) >= 11 is 0. The molecule has 0 saturated carbocycles. The molecule has 4 aromatic rings. The van der Waals surface area contributed by atoms with E-state index in [2.05, 4.69) is 43.8 Å². The highest BCUT2D eigenvalue weighted by molar-refractivity contribution is 5.96. The summed E-state index contributed by atoms with van der Waals surface area (Å²) in [6.45, 7) is 8.14. The van der Waals surface area contributed by atoms with E-state index in [0.717, 1.165) is 54.8 Å². The van der Waals surface area contributed by atoms with Gasteiger partial charge in [-0.15, -0.1) is 10.2 Å². The summed E-state index contributed by atoms with van der Waals surface area (Å²) in [6, 6.07) is 18.1. The van der Waals surface area contributed by atoms with Crippen LogP contribution < -0.4 is 10.9 Å². The van der Waals surface area contributed by atoms with Crippen molar-refractivity contribution in [3.63, 3.8) is 0 Å². The zero-order valence-corrected chi connectivity index (χ0v) is 18.0. The van der Waals surface area contributed by atoms with Crippen LogP contribution in [-0.4, -0.2) is 50.8 Å². The lowest BCUT2D eigenvalue weighted by molar-refractivity contribution is 0.303. The monoisotopic (exact) mass is 416 g/mol. The fraction of sp³-hybridized carbons (Fsp3) is 0.292. The predicted molar refractivity (Wildman–Crippen MR) is 126 cm³/mol. The summed E-state index contributed by atoms with van der Waals surface area (Å²) in [7, 11) is 0. The van der Waals surface area contributed by atoms with E-state index in [9.17, 15) is 4.79 Å². The summed E-state index contributed by atoms with van der Waals surface area (Å²) in [4.78, 5) is 18.1. The van der Waals surface area contributed by atoms with Gasteiger partial charge in [-0.2, -0.15) is 0 Å². The molecule has 0 atom stereocenters. The first-order chi connectivity index (χ1) is 15.2. The topological polar surface area (TPSA) is 78.8 Å². The first kappa shape index (κ1) is 20.8. The number of H-pyrrole nitrogens is 1. The SMILES string of the molecule is CCN(CC)CCCNc1nnc(-c2cn(-c3ccccc3)c3ccccc23)c(=O)[nH]1. The molecule has 0 bridgehead atoms. The minimum Gasteiger partial charge on any atom is -0.354 e. The maximum Gasteiger partial charge on any atom is 0.279 e. The average molecular weight is 417 g/mol. The molecule has 4 rings (SSSR count). The minimum atomic E-state index is -0.253. The van der Waals surface area contributed by atoms with Crippen LogP contribution in [0.2, 0.25) is 0 Å². The average Bonchev–Trinajstić information content (AvgIpc) is 3.19. The van der Waals surface area contributed by atoms with Crippen LogP contribution in [0.3, 0.4) is 0 Å². The van der Waals surface area contributed by atoms with Gasteiger partial charge in [0.05, 0.1) is 5.52 Å². The van der Waals surface area contributed by atoms with E-state index < -0.39 is 0 Å². The molecule has 2 aromatic carbocycles. The van der Waals surface area contributed by atoms with Gasteiger partial charge in [0.25, 0.3) is 5.56 Å². The largest absolute Gasteiger partial charge is 0.354 e. The first-order valence-corrected chi connectivity index (χ1v) is 10.8. The van der Waals surface area contributed by atoms with Crippen LogP contribution in [0.15, 0.2) is 65.6 Å². The number of aromatic amines is 1. The van der Waals surface area contributed by atoms with E-state index in [0.29, 0.717) is 11.6 Å². The third kappa shape index (κ3) is 4.51. The van der Waals surface area contributed by atoms with Crippen molar-refractivity contribution in [2.75, 3.05) is 31.5 Å². The molecule has 0 spiro atoms. The Bertz CT molecular complexity index is 1190. The summed E-state index contributed by atoms with van der Waals surface area (Å²) in [6.07, 6.45) is 2.92. The lowest BCUT2D eigenvalue weighted by atomic mass is 10.1. The van der Waals surface area contributed by atoms with Crippen LogP contribution in [0.1, 0.15) is 20.3 Å². The Balaban J connectivity index is 1.58. The molecule has 0 aliphatic heterocycles. The van der Waals surface area contributed by atoms with Gasteiger partial charge in [0.2, 0.25) is 5.95 Å². The summed E-state index contributed by atoms with van der Waals surface area (Å²) in [5, 5.41) is 12.6. The van der Waals surface area contributed by atoms with Gasteiger partial charge in [-0.25, -0.2) is 0 Å². The molecule has 0 aliphatic carbocycles. The lowest BCUT2D eigenvalue weighted by Gasteiger charge is -2.17. The fourth-order valence-corrected chi connectivity index (χ4v) is 3.81. The highest BCUT2D eigenvalue weighted by atomic mass is 16.1. The Kier molecular flexibility index (Phi) is 6.43. The first-order valence-electron chi connectivity index (χ1n) is 10.8. The van der Waals surface area contributed by atoms with Crippen molar-refractivity contribution in [2.24, 2.45) is 0 Å². The van der Waals surface area contributed by atoms with Crippen LogP contribution in [-0.2, 0) is 0 Å². The Labute approximate surface area is 181 Å². The maximum absolute atomic E-state index is 12.8. The van der Waals surface area contributed by atoms with Gasteiger partial charge < -0.3 is 14.8 Å². The van der Waals surface area contributed by atoms with Crippen LogP contribution in [0.5, 0.6) is 0 Å². The summed E-state index contributed by atoms with van der Waals surface area (Å²) < 4.78 is 2.07. The number of benzene rings is 2. The smallest absolute Gasteiger partial charge is 0.279 e. The third-order valence-electron chi connectivity index (χ3n) is 5.54. The fourth-order valence-electron chi connectivity index (χ4n) is 3.81. The molecule has 0 radical (unpaired) electrons. The van der Waals surface area contributed by atoms with Crippen molar-refractivity contribution < 1.29 is 0 Å². The maximum atomic E-state index is 12.8. The number of nitrogens with zero attached hydrogens (tertiary/aromatic N) is 4. The molecule has 2 aromatic heterocycles. The molecule has 7 heteroatoms. The number of rotatable bonds is 9. The van der Waals surface area contributed by atoms with Crippen molar-refractivity contribution >= 4 is 16.9 Å². The number of hydrogen-bond donors (Lipinski definition) is 2. The number of anilines is 1. The zero-order valence-electron chi connectivity index (χ0n) is 18.0. The quantitative estimate of drug-likeness (QED) is 0.404.